The summed E-state index contributed by atoms with van der Waals surface area (Å²) in [5, 5.41) is 0. The highest BCUT2D eigenvalue weighted by molar-refractivity contribution is 5.18. The molecule has 4 aliphatic rings. The van der Waals surface area contributed by atoms with Gasteiger partial charge in [-0.05, 0) is 123 Å². The van der Waals surface area contributed by atoms with E-state index < -0.39 is 0 Å². The first-order valence-corrected chi connectivity index (χ1v) is 16.9. The van der Waals surface area contributed by atoms with E-state index in [-0.39, 0.29) is 0 Å². The van der Waals surface area contributed by atoms with Gasteiger partial charge in [-0.3, -0.25) is 0 Å². The third kappa shape index (κ3) is 7.77. The third-order valence-electron chi connectivity index (χ3n) is 11.5. The van der Waals surface area contributed by atoms with Gasteiger partial charge in [-0.1, -0.05) is 92.2 Å². The summed E-state index contributed by atoms with van der Waals surface area (Å²) in [6.45, 7) is 14.3. The van der Waals surface area contributed by atoms with Gasteiger partial charge in [0.15, 0.2) is 0 Å². The standard InChI is InChI=1S/C36H62O/c1-7-27-9-13-29(14-10-27)31-17-21-33(22-18-31)35(25(3)4)37-36(26(5)6)34-23-19-32(20-24-34)30-15-11-28(8-2)12-16-30/h21,23,25-32,35-36H,7-20,22,24H2,1-6H3. The van der Waals surface area contributed by atoms with Crippen molar-refractivity contribution in [3.8, 4) is 0 Å². The van der Waals surface area contributed by atoms with Crippen LogP contribution in [0.15, 0.2) is 23.3 Å². The highest BCUT2D eigenvalue weighted by Crippen LogP contribution is 2.44. The van der Waals surface area contributed by atoms with Gasteiger partial charge in [-0.2, -0.15) is 0 Å². The summed E-state index contributed by atoms with van der Waals surface area (Å²) in [5.74, 6) is 6.96. The fourth-order valence-corrected chi connectivity index (χ4v) is 8.76. The summed E-state index contributed by atoms with van der Waals surface area (Å²) >= 11 is 0. The second-order valence-electron chi connectivity index (χ2n) is 14.5. The van der Waals surface area contributed by atoms with Gasteiger partial charge >= 0.3 is 0 Å². The Morgan fingerprint density at radius 3 is 1.22 bits per heavy atom. The van der Waals surface area contributed by atoms with E-state index in [0.717, 1.165) is 35.5 Å². The Morgan fingerprint density at radius 1 is 0.568 bits per heavy atom. The topological polar surface area (TPSA) is 9.23 Å². The maximum absolute atomic E-state index is 7.13. The van der Waals surface area contributed by atoms with Gasteiger partial charge < -0.3 is 4.74 Å². The lowest BCUT2D eigenvalue weighted by atomic mass is 9.70. The number of hydrogen-bond donors (Lipinski definition) is 0. The van der Waals surface area contributed by atoms with E-state index in [0.29, 0.717) is 24.0 Å². The molecule has 0 aromatic heterocycles. The molecule has 2 fully saturated rings. The summed E-state index contributed by atoms with van der Waals surface area (Å²) in [7, 11) is 0. The molecular weight excluding hydrogens is 448 g/mol. The van der Waals surface area contributed by atoms with Crippen LogP contribution in [0.4, 0.5) is 0 Å². The average molecular weight is 511 g/mol. The van der Waals surface area contributed by atoms with Crippen molar-refractivity contribution >= 4 is 0 Å². The Balaban J connectivity index is 1.34. The second-order valence-corrected chi connectivity index (χ2v) is 14.5. The SMILES string of the molecule is CCC1CCC(C2CC=C(C(OC(C3=CCC(C4CCC(CC)CC4)CC3)C(C)C)C(C)C)CC2)CC1. The number of hydrogen-bond acceptors (Lipinski definition) is 1. The number of ether oxygens (including phenoxy) is 1. The molecule has 1 nitrogen and oxygen atoms in total. The zero-order chi connectivity index (χ0) is 26.4. The molecule has 4 atom stereocenters. The van der Waals surface area contributed by atoms with Crippen LogP contribution < -0.4 is 0 Å². The van der Waals surface area contributed by atoms with Crippen molar-refractivity contribution < 1.29 is 4.74 Å². The van der Waals surface area contributed by atoms with Crippen LogP contribution in [0, 0.1) is 47.3 Å². The van der Waals surface area contributed by atoms with E-state index in [4.69, 9.17) is 4.74 Å². The third-order valence-corrected chi connectivity index (χ3v) is 11.5. The molecule has 0 aliphatic heterocycles. The first kappa shape index (κ1) is 29.4. The van der Waals surface area contributed by atoms with E-state index in [9.17, 15) is 0 Å². The fourth-order valence-electron chi connectivity index (χ4n) is 8.76. The van der Waals surface area contributed by atoms with E-state index in [1.54, 1.807) is 11.1 Å². The predicted molar refractivity (Wildman–Crippen MR) is 161 cm³/mol. The molecule has 0 aromatic rings. The zero-order valence-corrected chi connectivity index (χ0v) is 25.7. The smallest absolute Gasteiger partial charge is 0.0816 e. The lowest BCUT2D eigenvalue weighted by Gasteiger charge is -2.39. The highest BCUT2D eigenvalue weighted by Gasteiger charge is 2.34. The predicted octanol–water partition coefficient (Wildman–Crippen LogP) is 10.9. The van der Waals surface area contributed by atoms with Crippen LogP contribution in [0.2, 0.25) is 0 Å². The highest BCUT2D eigenvalue weighted by atomic mass is 16.5. The quantitative estimate of drug-likeness (QED) is 0.265. The van der Waals surface area contributed by atoms with Crippen LogP contribution in [0.1, 0.15) is 144 Å². The molecule has 0 N–H and O–H groups in total. The molecule has 4 aliphatic carbocycles. The summed E-state index contributed by atoms with van der Waals surface area (Å²) in [4.78, 5) is 0. The van der Waals surface area contributed by atoms with E-state index in [1.165, 1.54) is 103 Å². The van der Waals surface area contributed by atoms with Crippen LogP contribution in [-0.4, -0.2) is 12.2 Å². The Morgan fingerprint density at radius 2 is 0.946 bits per heavy atom. The molecule has 2 saturated carbocycles. The van der Waals surface area contributed by atoms with Gasteiger partial charge in [0, 0.05) is 0 Å². The van der Waals surface area contributed by atoms with Gasteiger partial charge in [0.2, 0.25) is 0 Å². The van der Waals surface area contributed by atoms with Gasteiger partial charge in [-0.25, -0.2) is 0 Å². The largest absolute Gasteiger partial charge is 0.366 e. The van der Waals surface area contributed by atoms with Crippen molar-refractivity contribution in [2.75, 3.05) is 0 Å². The van der Waals surface area contributed by atoms with Crippen LogP contribution in [-0.2, 0) is 4.74 Å². The van der Waals surface area contributed by atoms with Gasteiger partial charge in [0.1, 0.15) is 0 Å². The van der Waals surface area contributed by atoms with Crippen LogP contribution in [0.25, 0.3) is 0 Å². The lowest BCUT2D eigenvalue weighted by molar-refractivity contribution is -0.0242. The summed E-state index contributed by atoms with van der Waals surface area (Å²) < 4.78 is 7.13. The number of rotatable bonds is 10. The van der Waals surface area contributed by atoms with Gasteiger partial charge in [0.25, 0.3) is 0 Å². The minimum absolute atomic E-state index is 0.298. The van der Waals surface area contributed by atoms with Crippen LogP contribution >= 0.6 is 0 Å². The molecule has 0 saturated heterocycles. The van der Waals surface area contributed by atoms with Crippen LogP contribution in [0.5, 0.6) is 0 Å². The van der Waals surface area contributed by atoms with Crippen molar-refractivity contribution in [1.82, 2.24) is 0 Å². The van der Waals surface area contributed by atoms with Crippen molar-refractivity contribution in [2.24, 2.45) is 47.3 Å². The average Bonchev–Trinajstić information content (AvgIpc) is 2.93. The summed E-state index contributed by atoms with van der Waals surface area (Å²) in [5.41, 5.74) is 3.25. The molecule has 0 radical (unpaired) electrons. The first-order valence-electron chi connectivity index (χ1n) is 16.9. The minimum Gasteiger partial charge on any atom is -0.366 e. The summed E-state index contributed by atoms with van der Waals surface area (Å²) in [6.07, 6.45) is 28.5. The first-order chi connectivity index (χ1) is 17.9. The Bertz CT molecular complexity index is 666. The number of allylic oxidation sites excluding steroid dienone is 2. The van der Waals surface area contributed by atoms with E-state index in [1.807, 2.05) is 0 Å². The molecule has 212 valence electrons. The van der Waals surface area contributed by atoms with Crippen molar-refractivity contribution in [2.45, 2.75) is 156 Å². The molecule has 0 aromatic carbocycles. The van der Waals surface area contributed by atoms with Gasteiger partial charge in [0.05, 0.1) is 12.2 Å². The van der Waals surface area contributed by atoms with Gasteiger partial charge in [-0.15, -0.1) is 0 Å². The van der Waals surface area contributed by atoms with Crippen molar-refractivity contribution in [3.63, 3.8) is 0 Å². The molecule has 0 heterocycles. The van der Waals surface area contributed by atoms with Crippen LogP contribution in [0.3, 0.4) is 0 Å². The fraction of sp³-hybridized carbons (Fsp3) is 0.889. The monoisotopic (exact) mass is 510 g/mol. The Hall–Kier alpha value is -0.560. The summed E-state index contributed by atoms with van der Waals surface area (Å²) in [6, 6.07) is 0. The maximum Gasteiger partial charge on any atom is 0.0816 e. The Kier molecular flexibility index (Phi) is 11.3. The lowest BCUT2D eigenvalue weighted by Crippen LogP contribution is -2.35. The zero-order valence-electron chi connectivity index (χ0n) is 25.7. The van der Waals surface area contributed by atoms with Crippen molar-refractivity contribution in [3.05, 3.63) is 23.3 Å². The minimum atomic E-state index is 0.298. The molecular formula is C36H62O. The molecule has 0 spiro atoms. The molecule has 0 bridgehead atoms. The van der Waals surface area contributed by atoms with Crippen molar-refractivity contribution in [1.29, 1.82) is 0 Å². The molecule has 37 heavy (non-hydrogen) atoms. The molecule has 1 heteroatoms. The Labute approximate surface area is 231 Å². The molecule has 4 rings (SSSR count). The van der Waals surface area contributed by atoms with E-state index in [2.05, 4.69) is 53.7 Å². The maximum atomic E-state index is 7.13. The normalized spacial score (nSPS) is 35.2. The second kappa shape index (κ2) is 14.2. The molecule has 4 unspecified atom stereocenters. The van der Waals surface area contributed by atoms with E-state index >= 15 is 0 Å². The molecule has 0 amide bonds.